The molecule has 0 bridgehead atoms. The fourth-order valence-electron chi connectivity index (χ4n) is 2.29. The zero-order valence-electron chi connectivity index (χ0n) is 11.3. The Morgan fingerprint density at radius 3 is 2.84 bits per heavy atom. The number of nitrogens with zero attached hydrogens (tertiary/aromatic N) is 5. The molecule has 0 unspecified atom stereocenters. The van der Waals surface area contributed by atoms with Crippen molar-refractivity contribution in [1.82, 2.24) is 24.1 Å². The number of rotatable bonds is 4. The van der Waals surface area contributed by atoms with Gasteiger partial charge in [-0.1, -0.05) is 13.8 Å². The molecule has 6 nitrogen and oxygen atoms in total. The van der Waals surface area contributed by atoms with Crippen molar-refractivity contribution in [2.45, 2.75) is 52.1 Å². The lowest BCUT2D eigenvalue weighted by atomic mass is 10.1. The molecule has 2 aromatic rings. The second-order valence-electron chi connectivity index (χ2n) is 4.67. The van der Waals surface area contributed by atoms with Crippen LogP contribution in [0.5, 0.6) is 0 Å². The summed E-state index contributed by atoms with van der Waals surface area (Å²) in [4.78, 5) is 9.08. The second kappa shape index (κ2) is 5.24. The largest absolute Gasteiger partial charge is 0.350 e. The van der Waals surface area contributed by atoms with Crippen molar-refractivity contribution < 1.29 is 0 Å². The predicted octanol–water partition coefficient (Wildman–Crippen LogP) is 2.20. The van der Waals surface area contributed by atoms with Gasteiger partial charge >= 0.3 is 0 Å². The Kier molecular flexibility index (Phi) is 3.46. The van der Waals surface area contributed by atoms with E-state index in [1.807, 2.05) is 4.68 Å². The molecule has 0 aromatic carbocycles. The summed E-state index contributed by atoms with van der Waals surface area (Å²) in [5, 5.41) is 8.85. The number of aryl methyl sites for hydroxylation is 3. The van der Waals surface area contributed by atoms with E-state index in [1.165, 1.54) is 11.5 Å². The SMILES string of the molecule is CCc1nsc(N[C@H]2CCCn3nc(CC)nc32)n1. The highest BCUT2D eigenvalue weighted by atomic mass is 32.1. The Balaban J connectivity index is 1.80. The predicted molar refractivity (Wildman–Crippen MR) is 74.3 cm³/mol. The van der Waals surface area contributed by atoms with Crippen LogP contribution in [0.3, 0.4) is 0 Å². The second-order valence-corrected chi connectivity index (χ2v) is 5.42. The summed E-state index contributed by atoms with van der Waals surface area (Å²) in [7, 11) is 0. The standard InChI is InChI=1S/C12H18N6S/c1-3-9-14-11-8(6-5-7-18(11)16-9)13-12-15-10(4-2)17-19-12/h8H,3-7H2,1-2H3,(H,13,15,17)/t8-/m0/s1. The third-order valence-electron chi connectivity index (χ3n) is 3.32. The summed E-state index contributed by atoms with van der Waals surface area (Å²) in [5.41, 5.74) is 0. The summed E-state index contributed by atoms with van der Waals surface area (Å²) < 4.78 is 6.33. The Labute approximate surface area is 116 Å². The minimum Gasteiger partial charge on any atom is -0.350 e. The first-order valence-electron chi connectivity index (χ1n) is 6.83. The van der Waals surface area contributed by atoms with Crippen LogP contribution in [0.15, 0.2) is 0 Å². The van der Waals surface area contributed by atoms with Gasteiger partial charge in [0.25, 0.3) is 0 Å². The van der Waals surface area contributed by atoms with Gasteiger partial charge in [0.2, 0.25) is 5.13 Å². The Bertz CT molecular complexity index is 560. The van der Waals surface area contributed by atoms with Gasteiger partial charge in [0, 0.05) is 30.9 Å². The molecule has 0 fully saturated rings. The van der Waals surface area contributed by atoms with Gasteiger partial charge in [-0.25, -0.2) is 14.6 Å². The van der Waals surface area contributed by atoms with Crippen LogP contribution in [-0.4, -0.2) is 24.1 Å². The first kappa shape index (κ1) is 12.5. The quantitative estimate of drug-likeness (QED) is 0.928. The van der Waals surface area contributed by atoms with Crippen LogP contribution in [0, 0.1) is 0 Å². The monoisotopic (exact) mass is 278 g/mol. The summed E-state index contributed by atoms with van der Waals surface area (Å²) in [6.45, 7) is 5.12. The number of nitrogens with one attached hydrogen (secondary N) is 1. The van der Waals surface area contributed by atoms with Gasteiger partial charge in [0.05, 0.1) is 6.04 Å². The molecule has 7 heteroatoms. The number of fused-ring (bicyclic) bond motifs is 1. The van der Waals surface area contributed by atoms with Crippen LogP contribution < -0.4 is 5.32 Å². The molecule has 0 amide bonds. The Hall–Kier alpha value is -1.50. The highest BCUT2D eigenvalue weighted by Gasteiger charge is 2.24. The van der Waals surface area contributed by atoms with Crippen LogP contribution in [-0.2, 0) is 19.4 Å². The van der Waals surface area contributed by atoms with E-state index < -0.39 is 0 Å². The summed E-state index contributed by atoms with van der Waals surface area (Å²) in [5.74, 6) is 2.87. The first-order valence-corrected chi connectivity index (χ1v) is 7.60. The van der Waals surface area contributed by atoms with Crippen molar-refractivity contribution in [2.75, 3.05) is 5.32 Å². The fraction of sp³-hybridized carbons (Fsp3) is 0.667. The molecule has 3 rings (SSSR count). The van der Waals surface area contributed by atoms with Gasteiger partial charge in [0.1, 0.15) is 11.6 Å². The van der Waals surface area contributed by atoms with Gasteiger partial charge in [-0.05, 0) is 12.8 Å². The van der Waals surface area contributed by atoms with Gasteiger partial charge < -0.3 is 5.32 Å². The molecule has 3 heterocycles. The van der Waals surface area contributed by atoms with Gasteiger partial charge in [-0.3, -0.25) is 0 Å². The van der Waals surface area contributed by atoms with Gasteiger partial charge in [-0.15, -0.1) is 0 Å². The van der Waals surface area contributed by atoms with Gasteiger partial charge in [0.15, 0.2) is 5.82 Å². The molecule has 1 atom stereocenters. The van der Waals surface area contributed by atoms with E-state index in [0.717, 1.165) is 54.8 Å². The highest BCUT2D eigenvalue weighted by Crippen LogP contribution is 2.28. The minimum atomic E-state index is 0.208. The van der Waals surface area contributed by atoms with Crippen molar-refractivity contribution >= 4 is 16.7 Å². The third kappa shape index (κ3) is 2.47. The third-order valence-corrected chi connectivity index (χ3v) is 4.00. The average molecular weight is 278 g/mol. The van der Waals surface area contributed by atoms with Crippen molar-refractivity contribution in [3.63, 3.8) is 0 Å². The Morgan fingerprint density at radius 2 is 2.11 bits per heavy atom. The number of hydrogen-bond donors (Lipinski definition) is 1. The lowest BCUT2D eigenvalue weighted by molar-refractivity contribution is 0.437. The number of aromatic nitrogens is 5. The van der Waals surface area contributed by atoms with Crippen LogP contribution in [0.1, 0.15) is 50.2 Å². The lowest BCUT2D eigenvalue weighted by Gasteiger charge is -2.22. The zero-order valence-corrected chi connectivity index (χ0v) is 12.1. The fourth-order valence-corrected chi connectivity index (χ4v) is 2.99. The number of hydrogen-bond acceptors (Lipinski definition) is 6. The summed E-state index contributed by atoms with van der Waals surface area (Å²) >= 11 is 1.43. The van der Waals surface area contributed by atoms with E-state index in [0.29, 0.717) is 0 Å². The van der Waals surface area contributed by atoms with E-state index in [9.17, 15) is 0 Å². The van der Waals surface area contributed by atoms with E-state index in [1.54, 1.807) is 0 Å². The van der Waals surface area contributed by atoms with Crippen LogP contribution in [0.25, 0.3) is 0 Å². The molecule has 0 saturated heterocycles. The summed E-state index contributed by atoms with van der Waals surface area (Å²) in [6.07, 6.45) is 3.95. The molecule has 0 radical (unpaired) electrons. The Morgan fingerprint density at radius 1 is 1.26 bits per heavy atom. The van der Waals surface area contributed by atoms with E-state index >= 15 is 0 Å². The average Bonchev–Trinajstić information content (AvgIpc) is 3.05. The molecule has 1 aliphatic rings. The van der Waals surface area contributed by atoms with Crippen LogP contribution in [0.2, 0.25) is 0 Å². The lowest BCUT2D eigenvalue weighted by Crippen LogP contribution is -2.22. The van der Waals surface area contributed by atoms with E-state index in [-0.39, 0.29) is 6.04 Å². The highest BCUT2D eigenvalue weighted by molar-refractivity contribution is 7.09. The molecule has 0 saturated carbocycles. The molecule has 19 heavy (non-hydrogen) atoms. The molecule has 1 aliphatic heterocycles. The first-order chi connectivity index (χ1) is 9.30. The maximum Gasteiger partial charge on any atom is 0.203 e. The smallest absolute Gasteiger partial charge is 0.203 e. The van der Waals surface area contributed by atoms with E-state index in [2.05, 4.69) is 38.6 Å². The van der Waals surface area contributed by atoms with Crippen molar-refractivity contribution in [3.8, 4) is 0 Å². The molecule has 2 aromatic heterocycles. The van der Waals surface area contributed by atoms with Crippen LogP contribution >= 0.6 is 11.5 Å². The van der Waals surface area contributed by atoms with Crippen LogP contribution in [0.4, 0.5) is 5.13 Å². The normalized spacial score (nSPS) is 18.3. The zero-order chi connectivity index (χ0) is 13.2. The maximum atomic E-state index is 4.62. The minimum absolute atomic E-state index is 0.208. The molecular formula is C12H18N6S. The molecule has 0 spiro atoms. The summed E-state index contributed by atoms with van der Waals surface area (Å²) in [6, 6.07) is 0.208. The molecule has 0 aliphatic carbocycles. The van der Waals surface area contributed by atoms with Crippen molar-refractivity contribution in [3.05, 3.63) is 17.5 Å². The molecule has 102 valence electrons. The number of anilines is 1. The van der Waals surface area contributed by atoms with Gasteiger partial charge in [-0.2, -0.15) is 9.47 Å². The molecule has 1 N–H and O–H groups in total. The molecular weight excluding hydrogens is 260 g/mol. The van der Waals surface area contributed by atoms with Crippen molar-refractivity contribution in [1.29, 1.82) is 0 Å². The topological polar surface area (TPSA) is 68.5 Å². The maximum absolute atomic E-state index is 4.62. The van der Waals surface area contributed by atoms with E-state index in [4.69, 9.17) is 0 Å². The van der Waals surface area contributed by atoms with Crippen molar-refractivity contribution in [2.24, 2.45) is 0 Å².